The molecule has 1 aliphatic carbocycles. The van der Waals surface area contributed by atoms with Crippen molar-refractivity contribution in [2.75, 3.05) is 5.73 Å². The Kier molecular flexibility index (Phi) is 2.85. The van der Waals surface area contributed by atoms with Gasteiger partial charge in [-0.25, -0.2) is 4.79 Å². The van der Waals surface area contributed by atoms with Gasteiger partial charge in [-0.1, -0.05) is 12.8 Å². The quantitative estimate of drug-likeness (QED) is 0.803. The maximum absolute atomic E-state index is 11.9. The maximum atomic E-state index is 11.9. The SMILES string of the molecule is CCn1cc(N)c(=O)n(CCC2CC2)c1=O. The number of rotatable bonds is 4. The normalized spacial score (nSPS) is 15.3. The van der Waals surface area contributed by atoms with Crippen molar-refractivity contribution in [1.29, 1.82) is 0 Å². The minimum Gasteiger partial charge on any atom is -0.393 e. The van der Waals surface area contributed by atoms with E-state index in [-0.39, 0.29) is 16.9 Å². The molecule has 1 heterocycles. The second kappa shape index (κ2) is 4.15. The molecule has 5 heteroatoms. The van der Waals surface area contributed by atoms with Crippen LogP contribution in [0.2, 0.25) is 0 Å². The van der Waals surface area contributed by atoms with E-state index in [1.165, 1.54) is 28.2 Å². The molecule has 0 aromatic carbocycles. The first-order valence-corrected chi connectivity index (χ1v) is 5.73. The molecule has 0 atom stereocenters. The lowest BCUT2D eigenvalue weighted by atomic mass is 10.3. The molecule has 88 valence electrons. The van der Waals surface area contributed by atoms with Crippen LogP contribution in [0.15, 0.2) is 15.8 Å². The summed E-state index contributed by atoms with van der Waals surface area (Å²) >= 11 is 0. The summed E-state index contributed by atoms with van der Waals surface area (Å²) in [6.45, 7) is 2.89. The van der Waals surface area contributed by atoms with E-state index in [9.17, 15) is 9.59 Å². The number of nitrogens with zero attached hydrogens (tertiary/aromatic N) is 2. The molecule has 0 saturated heterocycles. The van der Waals surface area contributed by atoms with Gasteiger partial charge in [-0.2, -0.15) is 0 Å². The zero-order valence-corrected chi connectivity index (χ0v) is 9.48. The Morgan fingerprint density at radius 2 is 2.12 bits per heavy atom. The highest BCUT2D eigenvalue weighted by atomic mass is 16.2. The van der Waals surface area contributed by atoms with Crippen molar-refractivity contribution < 1.29 is 0 Å². The Labute approximate surface area is 93.5 Å². The highest BCUT2D eigenvalue weighted by molar-refractivity contribution is 5.30. The summed E-state index contributed by atoms with van der Waals surface area (Å²) in [6, 6.07) is 0. The molecule has 0 spiro atoms. The molecule has 0 amide bonds. The summed E-state index contributed by atoms with van der Waals surface area (Å²) in [5.74, 6) is 0.697. The van der Waals surface area contributed by atoms with Crippen LogP contribution < -0.4 is 17.0 Å². The van der Waals surface area contributed by atoms with Crippen molar-refractivity contribution in [3.63, 3.8) is 0 Å². The van der Waals surface area contributed by atoms with Crippen LogP contribution >= 0.6 is 0 Å². The highest BCUT2D eigenvalue weighted by Gasteiger charge is 2.21. The minimum absolute atomic E-state index is 0.150. The average Bonchev–Trinajstić information content (AvgIpc) is 3.07. The topological polar surface area (TPSA) is 70.0 Å². The molecular formula is C11H17N3O2. The van der Waals surface area contributed by atoms with E-state index >= 15 is 0 Å². The first-order chi connectivity index (χ1) is 7.63. The zero-order chi connectivity index (χ0) is 11.7. The van der Waals surface area contributed by atoms with Crippen LogP contribution in [0.25, 0.3) is 0 Å². The Morgan fingerprint density at radius 1 is 1.44 bits per heavy atom. The van der Waals surface area contributed by atoms with Gasteiger partial charge in [-0.15, -0.1) is 0 Å². The van der Waals surface area contributed by atoms with Gasteiger partial charge in [0.1, 0.15) is 5.69 Å². The second-order valence-electron chi connectivity index (χ2n) is 4.34. The molecule has 0 bridgehead atoms. The predicted octanol–water partition coefficient (Wildman–Crippen LogP) is 0.412. The fraction of sp³-hybridized carbons (Fsp3) is 0.636. The van der Waals surface area contributed by atoms with Crippen LogP contribution in [0.3, 0.4) is 0 Å². The highest BCUT2D eigenvalue weighted by Crippen LogP contribution is 2.32. The van der Waals surface area contributed by atoms with Crippen molar-refractivity contribution in [3.8, 4) is 0 Å². The molecule has 0 unspecified atom stereocenters. The molecule has 2 N–H and O–H groups in total. The van der Waals surface area contributed by atoms with Crippen LogP contribution in [-0.4, -0.2) is 9.13 Å². The van der Waals surface area contributed by atoms with Gasteiger partial charge in [0, 0.05) is 19.3 Å². The minimum atomic E-state index is -0.352. The number of nitrogen functional groups attached to an aromatic ring is 1. The van der Waals surface area contributed by atoms with E-state index < -0.39 is 0 Å². The molecule has 1 saturated carbocycles. The molecule has 1 aliphatic rings. The molecule has 1 fully saturated rings. The maximum Gasteiger partial charge on any atom is 0.331 e. The van der Waals surface area contributed by atoms with Gasteiger partial charge in [0.15, 0.2) is 0 Å². The van der Waals surface area contributed by atoms with Crippen molar-refractivity contribution in [2.24, 2.45) is 5.92 Å². The number of aryl methyl sites for hydroxylation is 1. The van der Waals surface area contributed by atoms with Crippen LogP contribution in [0, 0.1) is 5.92 Å². The van der Waals surface area contributed by atoms with E-state index in [2.05, 4.69) is 0 Å². The Morgan fingerprint density at radius 3 is 2.69 bits per heavy atom. The van der Waals surface area contributed by atoms with E-state index in [1.807, 2.05) is 6.92 Å². The fourth-order valence-electron chi connectivity index (χ4n) is 1.82. The summed E-state index contributed by atoms with van der Waals surface area (Å²) in [5.41, 5.74) is 5.15. The summed E-state index contributed by atoms with van der Waals surface area (Å²) in [6.07, 6.45) is 4.78. The fourth-order valence-corrected chi connectivity index (χ4v) is 1.82. The van der Waals surface area contributed by atoms with E-state index in [0.29, 0.717) is 19.0 Å². The summed E-state index contributed by atoms with van der Waals surface area (Å²) in [5, 5.41) is 0. The van der Waals surface area contributed by atoms with Crippen molar-refractivity contribution in [3.05, 3.63) is 27.0 Å². The molecule has 1 aromatic rings. The molecule has 0 aliphatic heterocycles. The Balaban J connectivity index is 2.36. The molecular weight excluding hydrogens is 206 g/mol. The molecule has 2 rings (SSSR count). The molecule has 5 nitrogen and oxygen atoms in total. The van der Waals surface area contributed by atoms with Crippen LogP contribution in [0.1, 0.15) is 26.2 Å². The van der Waals surface area contributed by atoms with E-state index in [0.717, 1.165) is 6.42 Å². The third-order valence-corrected chi connectivity index (χ3v) is 3.06. The zero-order valence-electron chi connectivity index (χ0n) is 9.48. The third-order valence-electron chi connectivity index (χ3n) is 3.06. The lowest BCUT2D eigenvalue weighted by molar-refractivity contribution is 0.525. The second-order valence-corrected chi connectivity index (χ2v) is 4.34. The summed E-state index contributed by atoms with van der Waals surface area (Å²) in [4.78, 5) is 23.6. The van der Waals surface area contributed by atoms with Gasteiger partial charge in [0.25, 0.3) is 5.56 Å². The van der Waals surface area contributed by atoms with Crippen molar-refractivity contribution in [2.45, 2.75) is 39.3 Å². The molecule has 0 radical (unpaired) electrons. The van der Waals surface area contributed by atoms with Gasteiger partial charge in [0.2, 0.25) is 0 Å². The van der Waals surface area contributed by atoms with E-state index in [1.54, 1.807) is 0 Å². The van der Waals surface area contributed by atoms with Crippen LogP contribution in [0.5, 0.6) is 0 Å². The average molecular weight is 223 g/mol. The number of anilines is 1. The van der Waals surface area contributed by atoms with Crippen LogP contribution in [0.4, 0.5) is 5.69 Å². The van der Waals surface area contributed by atoms with Gasteiger partial charge >= 0.3 is 5.69 Å². The van der Waals surface area contributed by atoms with Gasteiger partial charge in [0.05, 0.1) is 0 Å². The summed E-state index contributed by atoms with van der Waals surface area (Å²) in [7, 11) is 0. The third kappa shape index (κ3) is 2.03. The molecule has 1 aromatic heterocycles. The van der Waals surface area contributed by atoms with Crippen molar-refractivity contribution >= 4 is 5.69 Å². The van der Waals surface area contributed by atoms with Crippen molar-refractivity contribution in [1.82, 2.24) is 9.13 Å². The first-order valence-electron chi connectivity index (χ1n) is 5.73. The van der Waals surface area contributed by atoms with Gasteiger partial charge in [-0.3, -0.25) is 13.9 Å². The lowest BCUT2D eigenvalue weighted by Gasteiger charge is -2.09. The first kappa shape index (κ1) is 11.0. The Hall–Kier alpha value is -1.52. The lowest BCUT2D eigenvalue weighted by Crippen LogP contribution is -2.40. The Bertz CT molecular complexity index is 497. The standard InChI is InChI=1S/C11H17N3O2/c1-2-13-7-9(12)10(15)14(11(13)16)6-5-8-3-4-8/h7-8H,2-6,12H2,1H3. The number of aromatic nitrogens is 2. The van der Waals surface area contributed by atoms with E-state index in [4.69, 9.17) is 5.73 Å². The number of nitrogens with two attached hydrogens (primary N) is 1. The largest absolute Gasteiger partial charge is 0.393 e. The van der Waals surface area contributed by atoms with Gasteiger partial charge < -0.3 is 5.73 Å². The number of hydrogen-bond acceptors (Lipinski definition) is 3. The summed E-state index contributed by atoms with van der Waals surface area (Å²) < 4.78 is 2.74. The predicted molar refractivity (Wildman–Crippen MR) is 62.4 cm³/mol. The monoisotopic (exact) mass is 223 g/mol. The van der Waals surface area contributed by atoms with Gasteiger partial charge in [-0.05, 0) is 19.3 Å². The molecule has 16 heavy (non-hydrogen) atoms. The van der Waals surface area contributed by atoms with Crippen LogP contribution in [-0.2, 0) is 13.1 Å². The smallest absolute Gasteiger partial charge is 0.331 e. The number of hydrogen-bond donors (Lipinski definition) is 1.